The Balaban J connectivity index is 1.88. The van der Waals surface area contributed by atoms with Gasteiger partial charge in [0.1, 0.15) is 5.75 Å². The average molecular weight is 376 g/mol. The Morgan fingerprint density at radius 3 is 2.70 bits per heavy atom. The van der Waals surface area contributed by atoms with Crippen molar-refractivity contribution in [1.29, 1.82) is 0 Å². The van der Waals surface area contributed by atoms with Crippen LogP contribution in [-0.4, -0.2) is 45.9 Å². The molecule has 152 valence electrons. The van der Waals surface area contributed by atoms with Crippen LogP contribution in [0.2, 0.25) is 0 Å². The molecule has 1 heterocycles. The highest BCUT2D eigenvalue weighted by atomic mass is 16.5. The summed E-state index contributed by atoms with van der Waals surface area (Å²) >= 11 is 0. The molecule has 2 rings (SSSR count). The van der Waals surface area contributed by atoms with Crippen LogP contribution in [0.4, 0.5) is 0 Å². The average Bonchev–Trinajstić information content (AvgIpc) is 2.67. The molecule has 27 heavy (non-hydrogen) atoms. The van der Waals surface area contributed by atoms with Gasteiger partial charge in [0, 0.05) is 38.6 Å². The lowest BCUT2D eigenvalue weighted by Gasteiger charge is -2.40. The first kappa shape index (κ1) is 21.5. The van der Waals surface area contributed by atoms with E-state index < -0.39 is 0 Å². The van der Waals surface area contributed by atoms with Gasteiger partial charge < -0.3 is 20.1 Å². The van der Waals surface area contributed by atoms with Crippen LogP contribution in [0.15, 0.2) is 29.3 Å². The molecule has 0 saturated carbocycles. The predicted octanol–water partition coefficient (Wildman–Crippen LogP) is 3.81. The summed E-state index contributed by atoms with van der Waals surface area (Å²) in [5, 5.41) is 6.96. The smallest absolute Gasteiger partial charge is 0.191 e. The third-order valence-corrected chi connectivity index (χ3v) is 5.30. The number of para-hydroxylation sites is 1. The Hall–Kier alpha value is -1.75. The van der Waals surface area contributed by atoms with E-state index in [1.54, 1.807) is 7.11 Å². The van der Waals surface area contributed by atoms with E-state index in [-0.39, 0.29) is 11.5 Å². The maximum Gasteiger partial charge on any atom is 0.191 e. The molecule has 5 nitrogen and oxygen atoms in total. The lowest BCUT2D eigenvalue weighted by Crippen LogP contribution is -2.47. The van der Waals surface area contributed by atoms with Gasteiger partial charge in [-0.25, -0.2) is 0 Å². The number of guanidine groups is 1. The molecule has 1 saturated heterocycles. The molecule has 0 aliphatic carbocycles. The summed E-state index contributed by atoms with van der Waals surface area (Å²) in [5.74, 6) is 2.60. The van der Waals surface area contributed by atoms with Gasteiger partial charge in [-0.2, -0.15) is 0 Å². The molecule has 3 atom stereocenters. The number of nitrogens with zero attached hydrogens (tertiary/aromatic N) is 1. The van der Waals surface area contributed by atoms with Crippen molar-refractivity contribution < 1.29 is 9.47 Å². The highest BCUT2D eigenvalue weighted by molar-refractivity contribution is 5.79. The number of nitrogens with one attached hydrogen (secondary N) is 2. The quantitative estimate of drug-likeness (QED) is 0.586. The van der Waals surface area contributed by atoms with Crippen LogP contribution in [0.25, 0.3) is 0 Å². The van der Waals surface area contributed by atoms with Crippen molar-refractivity contribution in [2.24, 2.45) is 16.3 Å². The Labute approximate surface area is 164 Å². The largest absolute Gasteiger partial charge is 0.496 e. The van der Waals surface area contributed by atoms with Gasteiger partial charge in [-0.1, -0.05) is 45.9 Å². The topological polar surface area (TPSA) is 54.9 Å². The molecule has 0 bridgehead atoms. The van der Waals surface area contributed by atoms with Gasteiger partial charge in [0.05, 0.1) is 13.2 Å². The van der Waals surface area contributed by atoms with Crippen molar-refractivity contribution in [2.45, 2.75) is 52.6 Å². The second kappa shape index (κ2) is 9.98. The van der Waals surface area contributed by atoms with Crippen LogP contribution in [0.3, 0.4) is 0 Å². The van der Waals surface area contributed by atoms with Gasteiger partial charge in [-0.15, -0.1) is 0 Å². The Morgan fingerprint density at radius 1 is 1.30 bits per heavy atom. The highest BCUT2D eigenvalue weighted by Gasteiger charge is 2.35. The molecule has 1 aromatic carbocycles. The number of methoxy groups -OCH3 is 1. The van der Waals surface area contributed by atoms with Gasteiger partial charge >= 0.3 is 0 Å². The van der Waals surface area contributed by atoms with Crippen LogP contribution in [0.5, 0.6) is 5.75 Å². The minimum absolute atomic E-state index is 0.155. The lowest BCUT2D eigenvalue weighted by molar-refractivity contribution is -0.0835. The Morgan fingerprint density at radius 2 is 2.04 bits per heavy atom. The minimum Gasteiger partial charge on any atom is -0.496 e. The van der Waals surface area contributed by atoms with Crippen molar-refractivity contribution in [3.63, 3.8) is 0 Å². The van der Waals surface area contributed by atoms with Crippen LogP contribution in [0, 0.1) is 11.3 Å². The van der Waals surface area contributed by atoms with Gasteiger partial charge in [-0.3, -0.25) is 4.99 Å². The number of hydrogen-bond donors (Lipinski definition) is 2. The highest BCUT2D eigenvalue weighted by Crippen LogP contribution is 2.33. The summed E-state index contributed by atoms with van der Waals surface area (Å²) in [7, 11) is 3.54. The van der Waals surface area contributed by atoms with Gasteiger partial charge in [-0.05, 0) is 29.9 Å². The van der Waals surface area contributed by atoms with E-state index >= 15 is 0 Å². The van der Waals surface area contributed by atoms with E-state index in [1.165, 1.54) is 12.0 Å². The van der Waals surface area contributed by atoms with E-state index in [9.17, 15) is 0 Å². The summed E-state index contributed by atoms with van der Waals surface area (Å²) in [6.45, 7) is 11.5. The first-order valence-corrected chi connectivity index (χ1v) is 10.1. The Bertz CT molecular complexity index is 610. The maximum absolute atomic E-state index is 6.09. The van der Waals surface area contributed by atoms with E-state index in [0.717, 1.165) is 37.8 Å². The molecule has 0 spiro atoms. The molecular formula is C22H37N3O2. The second-order valence-corrected chi connectivity index (χ2v) is 8.54. The molecule has 1 aliphatic rings. The molecule has 1 fully saturated rings. The molecule has 5 heteroatoms. The fraction of sp³-hybridized carbons (Fsp3) is 0.682. The van der Waals surface area contributed by atoms with Crippen LogP contribution in [0.1, 0.15) is 52.0 Å². The second-order valence-electron chi connectivity index (χ2n) is 8.54. The van der Waals surface area contributed by atoms with E-state index in [1.807, 2.05) is 19.2 Å². The maximum atomic E-state index is 6.09. The van der Waals surface area contributed by atoms with Crippen molar-refractivity contribution in [1.82, 2.24) is 10.6 Å². The Kier molecular flexibility index (Phi) is 7.96. The summed E-state index contributed by atoms with van der Waals surface area (Å²) in [6, 6.07) is 8.18. The van der Waals surface area contributed by atoms with Crippen molar-refractivity contribution in [2.75, 3.05) is 33.9 Å². The molecule has 0 amide bonds. The molecule has 1 aliphatic heterocycles. The third kappa shape index (κ3) is 6.13. The normalized spacial score (nSPS) is 22.2. The lowest BCUT2D eigenvalue weighted by atomic mass is 9.78. The number of benzene rings is 1. The third-order valence-electron chi connectivity index (χ3n) is 5.30. The van der Waals surface area contributed by atoms with E-state index in [4.69, 9.17) is 9.47 Å². The summed E-state index contributed by atoms with van der Waals surface area (Å²) in [6.07, 6.45) is 2.61. The number of rotatable bonds is 6. The minimum atomic E-state index is 0.155. The molecule has 1 aromatic rings. The van der Waals surface area contributed by atoms with Crippen LogP contribution in [-0.2, 0) is 4.74 Å². The molecule has 0 radical (unpaired) electrons. The van der Waals surface area contributed by atoms with Gasteiger partial charge in [0.15, 0.2) is 5.96 Å². The SMILES string of the molecule is CN=C(NCC(C)c1ccccc1OC)NCC1CCCOC1C(C)(C)C. The monoisotopic (exact) mass is 375 g/mol. The fourth-order valence-corrected chi connectivity index (χ4v) is 3.89. The molecule has 3 unspecified atom stereocenters. The van der Waals surface area contributed by atoms with Crippen molar-refractivity contribution in [3.8, 4) is 5.75 Å². The van der Waals surface area contributed by atoms with Gasteiger partial charge in [0.25, 0.3) is 0 Å². The fourth-order valence-electron chi connectivity index (χ4n) is 3.89. The first-order valence-electron chi connectivity index (χ1n) is 10.1. The summed E-state index contributed by atoms with van der Waals surface area (Å²) in [5.41, 5.74) is 1.36. The predicted molar refractivity (Wildman–Crippen MR) is 113 cm³/mol. The zero-order valence-corrected chi connectivity index (χ0v) is 17.8. The summed E-state index contributed by atoms with van der Waals surface area (Å²) in [4.78, 5) is 4.39. The van der Waals surface area contributed by atoms with Gasteiger partial charge in [0.2, 0.25) is 0 Å². The number of aliphatic imine (C=N–C) groups is 1. The number of hydrogen-bond acceptors (Lipinski definition) is 3. The summed E-state index contributed by atoms with van der Waals surface area (Å²) < 4.78 is 11.6. The zero-order valence-electron chi connectivity index (χ0n) is 17.8. The molecule has 2 N–H and O–H groups in total. The first-order chi connectivity index (χ1) is 12.9. The molecular weight excluding hydrogens is 338 g/mol. The van der Waals surface area contributed by atoms with Crippen LogP contribution >= 0.6 is 0 Å². The van der Waals surface area contributed by atoms with Crippen LogP contribution < -0.4 is 15.4 Å². The number of ether oxygens (including phenoxy) is 2. The van der Waals surface area contributed by atoms with Crippen molar-refractivity contribution >= 4 is 5.96 Å². The van der Waals surface area contributed by atoms with E-state index in [0.29, 0.717) is 11.8 Å². The molecule has 0 aromatic heterocycles. The van der Waals surface area contributed by atoms with E-state index in [2.05, 4.69) is 55.5 Å². The standard InChI is InChI=1S/C22H37N3O2/c1-16(18-11-7-8-12-19(18)26-6)14-24-21(23-5)25-15-17-10-9-13-27-20(17)22(2,3)4/h7-8,11-12,16-17,20H,9-10,13-15H2,1-6H3,(H2,23,24,25). The zero-order chi connectivity index (χ0) is 19.9. The van der Waals surface area contributed by atoms with Crippen molar-refractivity contribution in [3.05, 3.63) is 29.8 Å².